The first-order valence-corrected chi connectivity index (χ1v) is 5.33. The van der Waals surface area contributed by atoms with Gasteiger partial charge in [0.05, 0.1) is 0 Å². The Labute approximate surface area is 93.2 Å². The SMILES string of the molecule is CCC(=O)N1CC(C)N(C)C(C(F)(F)F)C1. The smallest absolute Gasteiger partial charge is 0.339 e. The third-order valence-corrected chi connectivity index (χ3v) is 3.10. The highest BCUT2D eigenvalue weighted by atomic mass is 19.4. The number of hydrogen-bond donors (Lipinski definition) is 0. The summed E-state index contributed by atoms with van der Waals surface area (Å²) in [4.78, 5) is 14.0. The Hall–Kier alpha value is -0.780. The highest BCUT2D eigenvalue weighted by molar-refractivity contribution is 5.76. The highest BCUT2D eigenvalue weighted by Gasteiger charge is 2.47. The maximum absolute atomic E-state index is 12.7. The van der Waals surface area contributed by atoms with E-state index in [0.717, 1.165) is 0 Å². The minimum atomic E-state index is -4.28. The van der Waals surface area contributed by atoms with Crippen LogP contribution in [0.5, 0.6) is 0 Å². The molecule has 2 atom stereocenters. The Balaban J connectivity index is 2.81. The third-order valence-electron chi connectivity index (χ3n) is 3.10. The quantitative estimate of drug-likeness (QED) is 0.691. The maximum atomic E-state index is 12.7. The zero-order valence-electron chi connectivity index (χ0n) is 9.71. The molecule has 0 saturated carbocycles. The lowest BCUT2D eigenvalue weighted by Crippen LogP contribution is -2.62. The van der Waals surface area contributed by atoms with E-state index in [0.29, 0.717) is 6.54 Å². The van der Waals surface area contributed by atoms with Gasteiger partial charge in [0.1, 0.15) is 6.04 Å². The van der Waals surface area contributed by atoms with Crippen molar-refractivity contribution < 1.29 is 18.0 Å². The van der Waals surface area contributed by atoms with Crippen LogP contribution in [0.3, 0.4) is 0 Å². The van der Waals surface area contributed by atoms with Crippen LogP contribution in [0, 0.1) is 0 Å². The van der Waals surface area contributed by atoms with Gasteiger partial charge in [-0.1, -0.05) is 6.92 Å². The van der Waals surface area contributed by atoms with Gasteiger partial charge in [-0.05, 0) is 14.0 Å². The van der Waals surface area contributed by atoms with Crippen LogP contribution in [0.1, 0.15) is 20.3 Å². The number of likely N-dealkylation sites (N-methyl/N-ethyl adjacent to an activating group) is 1. The Bertz CT molecular complexity index is 267. The molecule has 1 saturated heterocycles. The molecule has 16 heavy (non-hydrogen) atoms. The van der Waals surface area contributed by atoms with Gasteiger partial charge < -0.3 is 4.90 Å². The van der Waals surface area contributed by atoms with Crippen molar-refractivity contribution in [2.75, 3.05) is 20.1 Å². The molecule has 0 aromatic rings. The number of amides is 1. The van der Waals surface area contributed by atoms with Gasteiger partial charge in [-0.15, -0.1) is 0 Å². The zero-order chi connectivity index (χ0) is 12.5. The minimum Gasteiger partial charge on any atom is -0.339 e. The van der Waals surface area contributed by atoms with Crippen molar-refractivity contribution in [3.63, 3.8) is 0 Å². The molecule has 0 aromatic heterocycles. The summed E-state index contributed by atoms with van der Waals surface area (Å²) < 4.78 is 38.2. The van der Waals surface area contributed by atoms with Gasteiger partial charge in [-0.2, -0.15) is 13.2 Å². The summed E-state index contributed by atoms with van der Waals surface area (Å²) in [6, 6.07) is -1.82. The first-order chi connectivity index (χ1) is 7.27. The minimum absolute atomic E-state index is 0.214. The van der Waals surface area contributed by atoms with E-state index in [9.17, 15) is 18.0 Å². The topological polar surface area (TPSA) is 23.6 Å². The Morgan fingerprint density at radius 1 is 1.38 bits per heavy atom. The van der Waals surface area contributed by atoms with E-state index < -0.39 is 12.2 Å². The fourth-order valence-corrected chi connectivity index (χ4v) is 1.93. The van der Waals surface area contributed by atoms with E-state index in [4.69, 9.17) is 0 Å². The number of carbonyl (C=O) groups excluding carboxylic acids is 1. The molecule has 0 radical (unpaired) electrons. The molecule has 1 amide bonds. The van der Waals surface area contributed by atoms with Gasteiger partial charge in [0, 0.05) is 25.6 Å². The van der Waals surface area contributed by atoms with Gasteiger partial charge in [-0.3, -0.25) is 9.69 Å². The van der Waals surface area contributed by atoms with Crippen molar-refractivity contribution in [3.8, 4) is 0 Å². The van der Waals surface area contributed by atoms with Gasteiger partial charge in [0.15, 0.2) is 0 Å². The first kappa shape index (κ1) is 13.3. The highest BCUT2D eigenvalue weighted by Crippen LogP contribution is 2.29. The van der Waals surface area contributed by atoms with Crippen LogP contribution >= 0.6 is 0 Å². The monoisotopic (exact) mass is 238 g/mol. The van der Waals surface area contributed by atoms with E-state index in [1.165, 1.54) is 16.8 Å². The molecule has 0 aromatic carbocycles. The fraction of sp³-hybridized carbons (Fsp3) is 0.900. The molecule has 3 nitrogen and oxygen atoms in total. The molecular weight excluding hydrogens is 221 g/mol. The second-order valence-electron chi connectivity index (χ2n) is 4.22. The lowest BCUT2D eigenvalue weighted by Gasteiger charge is -2.44. The van der Waals surface area contributed by atoms with Crippen molar-refractivity contribution in [2.45, 2.75) is 38.5 Å². The van der Waals surface area contributed by atoms with E-state index in [2.05, 4.69) is 0 Å². The third kappa shape index (κ3) is 2.66. The number of carbonyl (C=O) groups is 1. The zero-order valence-corrected chi connectivity index (χ0v) is 9.71. The van der Waals surface area contributed by atoms with Crippen molar-refractivity contribution in [3.05, 3.63) is 0 Å². The predicted octanol–water partition coefficient (Wildman–Crippen LogP) is 1.49. The largest absolute Gasteiger partial charge is 0.405 e. The molecule has 0 spiro atoms. The normalized spacial score (nSPS) is 28.2. The lowest BCUT2D eigenvalue weighted by molar-refractivity contribution is -0.201. The molecule has 2 unspecified atom stereocenters. The van der Waals surface area contributed by atoms with Gasteiger partial charge in [0.25, 0.3) is 0 Å². The van der Waals surface area contributed by atoms with Gasteiger partial charge >= 0.3 is 6.18 Å². The Kier molecular flexibility index (Phi) is 3.83. The summed E-state index contributed by atoms with van der Waals surface area (Å²) in [5.41, 5.74) is 0. The van der Waals surface area contributed by atoms with Crippen molar-refractivity contribution in [1.29, 1.82) is 0 Å². The number of hydrogen-bond acceptors (Lipinski definition) is 2. The number of nitrogens with zero attached hydrogens (tertiary/aromatic N) is 2. The number of piperazine rings is 1. The van der Waals surface area contributed by atoms with Crippen LogP contribution in [0.15, 0.2) is 0 Å². The summed E-state index contributed by atoms with van der Waals surface area (Å²) in [5, 5.41) is 0. The summed E-state index contributed by atoms with van der Waals surface area (Å²) >= 11 is 0. The van der Waals surface area contributed by atoms with Crippen LogP contribution in [0.2, 0.25) is 0 Å². The molecule has 0 N–H and O–H groups in total. The molecule has 1 aliphatic heterocycles. The fourth-order valence-electron chi connectivity index (χ4n) is 1.93. The van der Waals surface area contributed by atoms with E-state index in [1.54, 1.807) is 13.8 Å². The summed E-state index contributed by atoms with van der Waals surface area (Å²) in [6.07, 6.45) is -4.03. The van der Waals surface area contributed by atoms with Crippen LogP contribution < -0.4 is 0 Å². The standard InChI is InChI=1S/C10H17F3N2O/c1-4-9(16)15-5-7(2)14(3)8(6-15)10(11,12)13/h7-8H,4-6H2,1-3H3. The molecule has 1 rings (SSSR count). The van der Waals surface area contributed by atoms with Crippen molar-refractivity contribution >= 4 is 5.91 Å². The van der Waals surface area contributed by atoms with Crippen LogP contribution in [0.4, 0.5) is 13.2 Å². The molecule has 1 aliphatic rings. The molecule has 94 valence electrons. The second-order valence-corrected chi connectivity index (χ2v) is 4.22. The van der Waals surface area contributed by atoms with Crippen LogP contribution in [0.25, 0.3) is 0 Å². The number of rotatable bonds is 1. The average molecular weight is 238 g/mol. The summed E-state index contributed by atoms with van der Waals surface area (Å²) in [7, 11) is 1.45. The lowest BCUT2D eigenvalue weighted by atomic mass is 10.1. The second kappa shape index (κ2) is 4.61. The number of halogens is 3. The van der Waals surface area contributed by atoms with Gasteiger partial charge in [-0.25, -0.2) is 0 Å². The van der Waals surface area contributed by atoms with Crippen molar-refractivity contribution in [1.82, 2.24) is 9.80 Å². The first-order valence-electron chi connectivity index (χ1n) is 5.33. The molecule has 0 bridgehead atoms. The maximum Gasteiger partial charge on any atom is 0.405 e. The summed E-state index contributed by atoms with van der Waals surface area (Å²) in [6.45, 7) is 3.48. The molecule has 0 aliphatic carbocycles. The molecule has 6 heteroatoms. The molecular formula is C10H17F3N2O. The molecule has 1 fully saturated rings. The van der Waals surface area contributed by atoms with E-state index in [1.807, 2.05) is 0 Å². The summed E-state index contributed by atoms with van der Waals surface area (Å²) in [5.74, 6) is -0.214. The van der Waals surface area contributed by atoms with Crippen LogP contribution in [-0.4, -0.2) is 54.1 Å². The van der Waals surface area contributed by atoms with E-state index in [-0.39, 0.29) is 24.9 Å². The average Bonchev–Trinajstić information content (AvgIpc) is 2.18. The van der Waals surface area contributed by atoms with Crippen LogP contribution in [-0.2, 0) is 4.79 Å². The van der Waals surface area contributed by atoms with E-state index >= 15 is 0 Å². The molecule has 1 heterocycles. The Morgan fingerprint density at radius 3 is 2.38 bits per heavy atom. The number of alkyl halides is 3. The Morgan fingerprint density at radius 2 is 1.94 bits per heavy atom. The van der Waals surface area contributed by atoms with Gasteiger partial charge in [0.2, 0.25) is 5.91 Å². The predicted molar refractivity (Wildman–Crippen MR) is 53.9 cm³/mol. The van der Waals surface area contributed by atoms with Crippen molar-refractivity contribution in [2.24, 2.45) is 0 Å².